The number of carbonyl (C=O) groups excluding carboxylic acids is 1. The third-order valence-electron chi connectivity index (χ3n) is 4.16. The second kappa shape index (κ2) is 5.55. The standard InChI is InChI=1S/C13H26N4O/c1-10(2)12-13(18)17(9-14-12)8-11-7-15(3)5-6-16(11)4/h10-12,14H,5-9H2,1-4H3. The van der Waals surface area contributed by atoms with Crippen LogP contribution in [0, 0.1) is 5.92 Å². The Kier molecular flexibility index (Phi) is 4.25. The van der Waals surface area contributed by atoms with E-state index in [-0.39, 0.29) is 11.9 Å². The fourth-order valence-electron chi connectivity index (χ4n) is 2.80. The number of amides is 1. The number of rotatable bonds is 3. The Hall–Kier alpha value is -0.650. The Labute approximate surface area is 110 Å². The summed E-state index contributed by atoms with van der Waals surface area (Å²) in [6.45, 7) is 9.00. The zero-order valence-electron chi connectivity index (χ0n) is 12.0. The quantitative estimate of drug-likeness (QED) is 0.747. The van der Waals surface area contributed by atoms with Gasteiger partial charge in [0.15, 0.2) is 0 Å². The molecule has 2 heterocycles. The van der Waals surface area contributed by atoms with E-state index in [2.05, 4.69) is 43.1 Å². The SMILES string of the molecule is CC(C)C1NCN(CC2CN(C)CCN2C)C1=O. The molecule has 2 aliphatic heterocycles. The highest BCUT2D eigenvalue weighted by atomic mass is 16.2. The molecule has 2 saturated heterocycles. The van der Waals surface area contributed by atoms with E-state index in [1.54, 1.807) is 0 Å². The van der Waals surface area contributed by atoms with Crippen LogP contribution in [0.4, 0.5) is 0 Å². The van der Waals surface area contributed by atoms with Crippen molar-refractivity contribution in [2.24, 2.45) is 5.92 Å². The molecule has 0 aliphatic carbocycles. The van der Waals surface area contributed by atoms with Crippen molar-refractivity contribution in [1.82, 2.24) is 20.0 Å². The van der Waals surface area contributed by atoms with Crippen LogP contribution in [-0.2, 0) is 4.79 Å². The van der Waals surface area contributed by atoms with Gasteiger partial charge in [0.2, 0.25) is 5.91 Å². The first-order valence-corrected chi connectivity index (χ1v) is 6.90. The first-order chi connectivity index (χ1) is 8.49. The van der Waals surface area contributed by atoms with E-state index < -0.39 is 0 Å². The van der Waals surface area contributed by atoms with Gasteiger partial charge in [-0.2, -0.15) is 0 Å². The third kappa shape index (κ3) is 2.84. The lowest BCUT2D eigenvalue weighted by molar-refractivity contribution is -0.130. The Morgan fingerprint density at radius 3 is 2.67 bits per heavy atom. The molecule has 0 radical (unpaired) electrons. The summed E-state index contributed by atoms with van der Waals surface area (Å²) in [7, 11) is 4.31. The molecule has 5 heteroatoms. The fourth-order valence-corrected chi connectivity index (χ4v) is 2.80. The molecular weight excluding hydrogens is 228 g/mol. The van der Waals surface area contributed by atoms with Gasteiger partial charge in [0, 0.05) is 32.2 Å². The molecule has 0 spiro atoms. The van der Waals surface area contributed by atoms with E-state index in [4.69, 9.17) is 0 Å². The van der Waals surface area contributed by atoms with Gasteiger partial charge in [-0.1, -0.05) is 13.8 Å². The summed E-state index contributed by atoms with van der Waals surface area (Å²) < 4.78 is 0. The van der Waals surface area contributed by atoms with Crippen molar-refractivity contribution in [2.75, 3.05) is 46.9 Å². The maximum Gasteiger partial charge on any atom is 0.241 e. The molecule has 18 heavy (non-hydrogen) atoms. The monoisotopic (exact) mass is 254 g/mol. The molecule has 0 aromatic rings. The molecular formula is C13H26N4O. The largest absolute Gasteiger partial charge is 0.327 e. The molecule has 2 unspecified atom stereocenters. The topological polar surface area (TPSA) is 38.8 Å². The molecule has 2 rings (SSSR count). The summed E-state index contributed by atoms with van der Waals surface area (Å²) in [6, 6.07) is 0.469. The van der Waals surface area contributed by atoms with Gasteiger partial charge in [-0.15, -0.1) is 0 Å². The van der Waals surface area contributed by atoms with E-state index >= 15 is 0 Å². The highest BCUT2D eigenvalue weighted by molar-refractivity contribution is 5.84. The van der Waals surface area contributed by atoms with E-state index in [1.165, 1.54) is 0 Å². The van der Waals surface area contributed by atoms with Crippen molar-refractivity contribution in [3.05, 3.63) is 0 Å². The molecule has 2 aliphatic rings. The Balaban J connectivity index is 1.92. The molecule has 2 atom stereocenters. The van der Waals surface area contributed by atoms with Crippen molar-refractivity contribution in [3.63, 3.8) is 0 Å². The van der Waals surface area contributed by atoms with Crippen LogP contribution in [0.25, 0.3) is 0 Å². The summed E-state index contributed by atoms with van der Waals surface area (Å²) in [5.41, 5.74) is 0. The Morgan fingerprint density at radius 2 is 2.06 bits per heavy atom. The maximum atomic E-state index is 12.2. The summed E-state index contributed by atoms with van der Waals surface area (Å²) in [5, 5.41) is 3.32. The van der Waals surface area contributed by atoms with Gasteiger partial charge >= 0.3 is 0 Å². The number of hydrogen-bond acceptors (Lipinski definition) is 4. The van der Waals surface area contributed by atoms with Crippen LogP contribution in [0.15, 0.2) is 0 Å². The zero-order chi connectivity index (χ0) is 13.3. The van der Waals surface area contributed by atoms with E-state index in [0.717, 1.165) is 26.2 Å². The van der Waals surface area contributed by atoms with Crippen LogP contribution in [-0.4, -0.2) is 79.6 Å². The van der Waals surface area contributed by atoms with Gasteiger partial charge in [-0.25, -0.2) is 0 Å². The molecule has 0 aromatic heterocycles. The summed E-state index contributed by atoms with van der Waals surface area (Å²) in [6.07, 6.45) is 0. The van der Waals surface area contributed by atoms with Crippen molar-refractivity contribution in [1.29, 1.82) is 0 Å². The summed E-state index contributed by atoms with van der Waals surface area (Å²) in [4.78, 5) is 18.9. The maximum absolute atomic E-state index is 12.2. The van der Waals surface area contributed by atoms with Crippen LogP contribution in [0.1, 0.15) is 13.8 Å². The van der Waals surface area contributed by atoms with Gasteiger partial charge in [-0.05, 0) is 20.0 Å². The number of likely N-dealkylation sites (N-methyl/N-ethyl adjacent to an activating group) is 2. The van der Waals surface area contributed by atoms with E-state index in [9.17, 15) is 4.79 Å². The molecule has 0 aromatic carbocycles. The molecule has 104 valence electrons. The predicted octanol–water partition coefficient (Wildman–Crippen LogP) is -0.354. The molecule has 5 nitrogen and oxygen atoms in total. The molecule has 1 amide bonds. The molecule has 0 bridgehead atoms. The van der Waals surface area contributed by atoms with Crippen molar-refractivity contribution >= 4 is 5.91 Å². The van der Waals surface area contributed by atoms with E-state index in [1.807, 2.05) is 4.90 Å². The zero-order valence-corrected chi connectivity index (χ0v) is 12.0. The molecule has 0 saturated carbocycles. The van der Waals surface area contributed by atoms with Crippen molar-refractivity contribution in [2.45, 2.75) is 25.9 Å². The van der Waals surface area contributed by atoms with Gasteiger partial charge in [-0.3, -0.25) is 15.0 Å². The average Bonchev–Trinajstić information content (AvgIpc) is 2.66. The molecule has 2 fully saturated rings. The Bertz CT molecular complexity index is 307. The van der Waals surface area contributed by atoms with Crippen molar-refractivity contribution < 1.29 is 4.79 Å². The van der Waals surface area contributed by atoms with Crippen LogP contribution in [0.2, 0.25) is 0 Å². The van der Waals surface area contributed by atoms with Crippen LogP contribution in [0.5, 0.6) is 0 Å². The highest BCUT2D eigenvalue weighted by Gasteiger charge is 2.35. The first-order valence-electron chi connectivity index (χ1n) is 6.90. The normalized spacial score (nSPS) is 31.6. The minimum Gasteiger partial charge on any atom is -0.327 e. The Morgan fingerprint density at radius 1 is 1.33 bits per heavy atom. The van der Waals surface area contributed by atoms with Gasteiger partial charge in [0.05, 0.1) is 12.7 Å². The number of carbonyl (C=O) groups is 1. The molecule has 1 N–H and O–H groups in total. The summed E-state index contributed by atoms with van der Waals surface area (Å²) >= 11 is 0. The van der Waals surface area contributed by atoms with Gasteiger partial charge < -0.3 is 9.80 Å². The first kappa shape index (κ1) is 13.8. The number of nitrogens with one attached hydrogen (secondary N) is 1. The number of hydrogen-bond donors (Lipinski definition) is 1. The van der Waals surface area contributed by atoms with Crippen molar-refractivity contribution in [3.8, 4) is 0 Å². The number of piperazine rings is 1. The minimum atomic E-state index is 0.0108. The van der Waals surface area contributed by atoms with Crippen LogP contribution >= 0.6 is 0 Å². The smallest absolute Gasteiger partial charge is 0.241 e. The lowest BCUT2D eigenvalue weighted by Gasteiger charge is -2.39. The highest BCUT2D eigenvalue weighted by Crippen LogP contribution is 2.14. The van der Waals surface area contributed by atoms with Crippen LogP contribution in [0.3, 0.4) is 0 Å². The second-order valence-electron chi connectivity index (χ2n) is 6.04. The second-order valence-corrected chi connectivity index (χ2v) is 6.04. The predicted molar refractivity (Wildman–Crippen MR) is 72.3 cm³/mol. The summed E-state index contributed by atoms with van der Waals surface area (Å²) in [5.74, 6) is 0.640. The lowest BCUT2D eigenvalue weighted by atomic mass is 10.0. The minimum absolute atomic E-state index is 0.0108. The number of nitrogens with zero attached hydrogens (tertiary/aromatic N) is 3. The van der Waals surface area contributed by atoms with Gasteiger partial charge in [0.1, 0.15) is 0 Å². The van der Waals surface area contributed by atoms with Gasteiger partial charge in [0.25, 0.3) is 0 Å². The fraction of sp³-hybridized carbons (Fsp3) is 0.923. The van der Waals surface area contributed by atoms with E-state index in [0.29, 0.717) is 18.6 Å². The van der Waals surface area contributed by atoms with Crippen LogP contribution < -0.4 is 5.32 Å². The average molecular weight is 254 g/mol. The lowest BCUT2D eigenvalue weighted by Crippen LogP contribution is -2.54. The third-order valence-corrected chi connectivity index (χ3v) is 4.16.